The second-order valence-corrected chi connectivity index (χ2v) is 14.5. The van der Waals surface area contributed by atoms with Gasteiger partial charge in [0.2, 0.25) is 0 Å². The molecule has 1 aliphatic carbocycles. The third-order valence-corrected chi connectivity index (χ3v) is 11.2. The first-order chi connectivity index (χ1) is 25.5. The van der Waals surface area contributed by atoms with Crippen molar-refractivity contribution in [1.82, 2.24) is 0 Å². The minimum absolute atomic E-state index is 0.182. The Morgan fingerprint density at radius 2 is 1.02 bits per heavy atom. The third kappa shape index (κ3) is 4.08. The van der Waals surface area contributed by atoms with Crippen LogP contribution in [0.25, 0.3) is 76.9 Å². The Labute approximate surface area is 301 Å². The number of nitrogens with zero attached hydrogens (tertiary/aromatic N) is 1. The largest absolute Gasteiger partial charge is 0.456 e. The van der Waals surface area contributed by atoms with Crippen molar-refractivity contribution in [2.45, 2.75) is 19.3 Å². The Hall–Kier alpha value is -6.58. The molecule has 10 aromatic rings. The zero-order chi connectivity index (χ0) is 34.6. The van der Waals surface area contributed by atoms with Crippen LogP contribution in [-0.2, 0) is 5.41 Å². The fraction of sp³-hybridized carbons (Fsp3) is 0.0612. The summed E-state index contributed by atoms with van der Waals surface area (Å²) in [5, 5.41) is 6.95. The Balaban J connectivity index is 1.14. The molecule has 0 N–H and O–H groups in total. The summed E-state index contributed by atoms with van der Waals surface area (Å²) in [4.78, 5) is 2.30. The zero-order valence-corrected chi connectivity index (χ0v) is 28.9. The molecular weight excluding hydrogens is 635 g/mol. The summed E-state index contributed by atoms with van der Waals surface area (Å²) in [7, 11) is 0. The third-order valence-electron chi connectivity index (χ3n) is 11.2. The second kappa shape index (κ2) is 10.7. The first kappa shape index (κ1) is 29.2. The van der Waals surface area contributed by atoms with E-state index in [0.717, 1.165) is 60.9 Å². The van der Waals surface area contributed by atoms with Crippen molar-refractivity contribution in [2.24, 2.45) is 0 Å². The lowest BCUT2D eigenvalue weighted by Gasteiger charge is -2.25. The zero-order valence-electron chi connectivity index (χ0n) is 28.9. The van der Waals surface area contributed by atoms with Crippen LogP contribution in [0.15, 0.2) is 173 Å². The monoisotopic (exact) mass is 667 g/mol. The average molecular weight is 668 g/mol. The summed E-state index contributed by atoms with van der Waals surface area (Å²) in [6.07, 6.45) is 0. The van der Waals surface area contributed by atoms with Crippen LogP contribution < -0.4 is 4.90 Å². The first-order valence-electron chi connectivity index (χ1n) is 17.9. The molecule has 2 heterocycles. The first-order valence-corrected chi connectivity index (χ1v) is 17.9. The number of hydrogen-bond acceptors (Lipinski definition) is 3. The van der Waals surface area contributed by atoms with Crippen molar-refractivity contribution in [3.05, 3.63) is 175 Å². The molecule has 0 atom stereocenters. The predicted molar refractivity (Wildman–Crippen MR) is 216 cm³/mol. The van der Waals surface area contributed by atoms with Crippen molar-refractivity contribution in [1.29, 1.82) is 0 Å². The highest BCUT2D eigenvalue weighted by atomic mass is 16.3. The molecule has 11 rings (SSSR count). The summed E-state index contributed by atoms with van der Waals surface area (Å²) in [6, 6.07) is 58.4. The van der Waals surface area contributed by atoms with Crippen molar-refractivity contribution < 1.29 is 8.83 Å². The highest BCUT2D eigenvalue weighted by molar-refractivity contribution is 6.23. The molecule has 0 unspecified atom stereocenters. The number of anilines is 3. The Kier molecular flexibility index (Phi) is 6.01. The molecule has 0 fully saturated rings. The van der Waals surface area contributed by atoms with Crippen molar-refractivity contribution in [3.8, 4) is 22.3 Å². The van der Waals surface area contributed by atoms with E-state index in [1.54, 1.807) is 0 Å². The fourth-order valence-electron chi connectivity index (χ4n) is 8.84. The molecule has 0 spiro atoms. The molecule has 246 valence electrons. The van der Waals surface area contributed by atoms with Gasteiger partial charge in [0, 0.05) is 61.5 Å². The molecule has 0 saturated heterocycles. The van der Waals surface area contributed by atoms with Gasteiger partial charge in [-0.2, -0.15) is 0 Å². The maximum Gasteiger partial charge on any atom is 0.143 e. The lowest BCUT2D eigenvalue weighted by Crippen LogP contribution is -2.15. The molecule has 0 amide bonds. The van der Waals surface area contributed by atoms with Crippen LogP contribution in [0.4, 0.5) is 17.1 Å². The van der Waals surface area contributed by atoms with E-state index in [2.05, 4.69) is 170 Å². The van der Waals surface area contributed by atoms with Gasteiger partial charge in [-0.25, -0.2) is 0 Å². The molecular formula is C49H33NO2. The van der Waals surface area contributed by atoms with Gasteiger partial charge in [0.05, 0.1) is 0 Å². The van der Waals surface area contributed by atoms with E-state index in [9.17, 15) is 0 Å². The maximum absolute atomic E-state index is 6.99. The number of para-hydroxylation sites is 1. The Bertz CT molecular complexity index is 3040. The van der Waals surface area contributed by atoms with Gasteiger partial charge >= 0.3 is 0 Å². The highest BCUT2D eigenvalue weighted by Gasteiger charge is 2.39. The van der Waals surface area contributed by atoms with Gasteiger partial charge in [0.1, 0.15) is 22.3 Å². The Morgan fingerprint density at radius 1 is 0.442 bits per heavy atom. The van der Waals surface area contributed by atoms with Gasteiger partial charge in [0.25, 0.3) is 0 Å². The highest BCUT2D eigenvalue weighted by Crippen LogP contribution is 2.56. The standard InChI is InChI=1S/C49H33NO2/c1-49(2)41-18-10-8-17-39(41)45-37-15-6-7-16-38(37)48-46(47(45)49)40-27-25-34(29-44(40)52-48)50(32-22-20-31(21-23-32)30-12-4-3-5-13-30)33-24-26-36-35-14-9-11-19-42(35)51-43(36)28-33/h3-29H,1-2H3. The number of benzene rings is 8. The van der Waals surface area contributed by atoms with Crippen LogP contribution in [0.1, 0.15) is 25.0 Å². The van der Waals surface area contributed by atoms with Crippen LogP contribution >= 0.6 is 0 Å². The molecule has 0 aliphatic heterocycles. The molecule has 8 aromatic carbocycles. The second-order valence-electron chi connectivity index (χ2n) is 14.5. The predicted octanol–water partition coefficient (Wildman–Crippen LogP) is 14.1. The van der Waals surface area contributed by atoms with Crippen LogP contribution in [0, 0.1) is 0 Å². The van der Waals surface area contributed by atoms with Crippen LogP contribution in [0.5, 0.6) is 0 Å². The normalized spacial score (nSPS) is 13.3. The lowest BCUT2D eigenvalue weighted by molar-refractivity contribution is 0.659. The van der Waals surface area contributed by atoms with E-state index in [4.69, 9.17) is 8.83 Å². The molecule has 52 heavy (non-hydrogen) atoms. The molecule has 2 aromatic heterocycles. The SMILES string of the molecule is CC1(C)c2ccccc2-c2c1c1c3ccc(N(c4ccc(-c5ccccc5)cc4)c4ccc5c(c4)oc4ccccc45)cc3oc1c1ccccc21. The smallest absolute Gasteiger partial charge is 0.143 e. The van der Waals surface area contributed by atoms with Crippen molar-refractivity contribution in [3.63, 3.8) is 0 Å². The van der Waals surface area contributed by atoms with Crippen LogP contribution in [0.2, 0.25) is 0 Å². The number of rotatable bonds is 4. The van der Waals surface area contributed by atoms with Gasteiger partial charge < -0.3 is 13.7 Å². The summed E-state index contributed by atoms with van der Waals surface area (Å²) < 4.78 is 13.4. The minimum atomic E-state index is -0.182. The van der Waals surface area contributed by atoms with E-state index >= 15 is 0 Å². The van der Waals surface area contributed by atoms with Gasteiger partial charge in [-0.3, -0.25) is 0 Å². The number of fused-ring (bicyclic) bond motifs is 13. The average Bonchev–Trinajstić information content (AvgIpc) is 3.83. The van der Waals surface area contributed by atoms with Gasteiger partial charge in [-0.15, -0.1) is 0 Å². The molecule has 0 bridgehead atoms. The quantitative estimate of drug-likeness (QED) is 0.187. The molecule has 0 radical (unpaired) electrons. The van der Waals surface area contributed by atoms with E-state index in [-0.39, 0.29) is 5.41 Å². The minimum Gasteiger partial charge on any atom is -0.456 e. The van der Waals surface area contributed by atoms with Crippen molar-refractivity contribution in [2.75, 3.05) is 4.90 Å². The summed E-state index contributed by atoms with van der Waals surface area (Å²) in [6.45, 7) is 4.71. The maximum atomic E-state index is 6.99. The van der Waals surface area contributed by atoms with E-state index in [1.807, 2.05) is 12.1 Å². The topological polar surface area (TPSA) is 29.5 Å². The van der Waals surface area contributed by atoms with Crippen LogP contribution in [0.3, 0.4) is 0 Å². The molecule has 3 nitrogen and oxygen atoms in total. The Morgan fingerprint density at radius 3 is 1.81 bits per heavy atom. The van der Waals surface area contributed by atoms with E-state index in [1.165, 1.54) is 44.2 Å². The van der Waals surface area contributed by atoms with E-state index in [0.29, 0.717) is 0 Å². The number of hydrogen-bond donors (Lipinski definition) is 0. The molecule has 0 saturated carbocycles. The fourth-order valence-corrected chi connectivity index (χ4v) is 8.84. The summed E-state index contributed by atoms with van der Waals surface area (Å²) in [5.41, 5.74) is 14.2. The lowest BCUT2D eigenvalue weighted by atomic mass is 9.79. The summed E-state index contributed by atoms with van der Waals surface area (Å²) >= 11 is 0. The molecule has 3 heteroatoms. The molecule has 1 aliphatic rings. The van der Waals surface area contributed by atoms with Gasteiger partial charge in [-0.05, 0) is 81.2 Å². The number of furan rings is 2. The van der Waals surface area contributed by atoms with Gasteiger partial charge in [0.15, 0.2) is 0 Å². The van der Waals surface area contributed by atoms with E-state index < -0.39 is 0 Å². The van der Waals surface area contributed by atoms with Crippen molar-refractivity contribution >= 4 is 71.7 Å². The summed E-state index contributed by atoms with van der Waals surface area (Å²) in [5.74, 6) is 0. The van der Waals surface area contributed by atoms with Crippen LogP contribution in [-0.4, -0.2) is 0 Å². The van der Waals surface area contributed by atoms with Gasteiger partial charge in [-0.1, -0.05) is 123 Å².